The summed E-state index contributed by atoms with van der Waals surface area (Å²) in [4.78, 5) is 25.1. The summed E-state index contributed by atoms with van der Waals surface area (Å²) in [6.45, 7) is 1.90. The predicted octanol–water partition coefficient (Wildman–Crippen LogP) is 5.85. The van der Waals surface area contributed by atoms with Gasteiger partial charge < -0.3 is 19.9 Å². The maximum atomic E-state index is 13.4. The normalized spacial score (nSPS) is 11.8. The maximum Gasteiger partial charge on any atom is 0.337 e. The van der Waals surface area contributed by atoms with E-state index in [1.807, 2.05) is 73.1 Å². The van der Waals surface area contributed by atoms with E-state index in [0.717, 1.165) is 22.2 Å². The van der Waals surface area contributed by atoms with Gasteiger partial charge in [-0.05, 0) is 48.9 Å². The van der Waals surface area contributed by atoms with Crippen molar-refractivity contribution in [2.75, 3.05) is 12.4 Å². The molecule has 4 aromatic rings. The fourth-order valence-electron chi connectivity index (χ4n) is 3.87. The van der Waals surface area contributed by atoms with Crippen molar-refractivity contribution in [3.63, 3.8) is 0 Å². The average molecular weight is 462 g/mol. The van der Waals surface area contributed by atoms with Gasteiger partial charge in [0.15, 0.2) is 0 Å². The number of aryl methyl sites for hydroxylation is 1. The molecule has 0 aliphatic heterocycles. The molecule has 168 valence electrons. The van der Waals surface area contributed by atoms with Gasteiger partial charge in [0.25, 0.3) is 5.91 Å². The lowest BCUT2D eigenvalue weighted by Crippen LogP contribution is -2.29. The van der Waals surface area contributed by atoms with Crippen molar-refractivity contribution >= 4 is 45.8 Å². The van der Waals surface area contributed by atoms with Crippen LogP contribution in [0.3, 0.4) is 0 Å². The summed E-state index contributed by atoms with van der Waals surface area (Å²) in [6.07, 6.45) is 0. The Labute approximate surface area is 197 Å². The highest BCUT2D eigenvalue weighted by atomic mass is 35.5. The average Bonchev–Trinajstić information content (AvgIpc) is 3.10. The molecule has 6 nitrogen and oxygen atoms in total. The molecular formula is C26H24ClN3O3. The van der Waals surface area contributed by atoms with E-state index in [2.05, 4.69) is 10.6 Å². The number of fused-ring (bicyclic) bond motifs is 1. The van der Waals surface area contributed by atoms with Crippen molar-refractivity contribution in [2.45, 2.75) is 13.0 Å². The van der Waals surface area contributed by atoms with Crippen LogP contribution in [-0.2, 0) is 11.8 Å². The molecule has 0 spiro atoms. The monoisotopic (exact) mass is 461 g/mol. The Kier molecular flexibility index (Phi) is 6.38. The number of rotatable bonds is 6. The van der Waals surface area contributed by atoms with Crippen molar-refractivity contribution in [3.8, 4) is 0 Å². The van der Waals surface area contributed by atoms with Gasteiger partial charge in [-0.2, -0.15) is 0 Å². The van der Waals surface area contributed by atoms with E-state index in [-0.39, 0.29) is 11.9 Å². The molecule has 0 fully saturated rings. The molecule has 7 heteroatoms. The lowest BCUT2D eigenvalue weighted by molar-refractivity contribution is 0.0600. The second kappa shape index (κ2) is 9.38. The van der Waals surface area contributed by atoms with Crippen LogP contribution in [0, 0.1) is 0 Å². The molecule has 4 rings (SSSR count). The number of aromatic nitrogens is 1. The van der Waals surface area contributed by atoms with Gasteiger partial charge in [-0.1, -0.05) is 48.0 Å². The predicted molar refractivity (Wildman–Crippen MR) is 131 cm³/mol. The van der Waals surface area contributed by atoms with E-state index in [1.165, 1.54) is 7.11 Å². The van der Waals surface area contributed by atoms with Crippen molar-refractivity contribution in [2.24, 2.45) is 7.05 Å². The second-order valence-electron chi connectivity index (χ2n) is 7.74. The molecule has 1 atom stereocenters. The summed E-state index contributed by atoms with van der Waals surface area (Å²) in [5, 5.41) is 7.99. The van der Waals surface area contributed by atoms with Crippen LogP contribution < -0.4 is 10.6 Å². The first-order valence-electron chi connectivity index (χ1n) is 10.5. The van der Waals surface area contributed by atoms with Crippen molar-refractivity contribution in [1.29, 1.82) is 0 Å². The Hall–Kier alpha value is -3.77. The summed E-state index contributed by atoms with van der Waals surface area (Å²) in [5.41, 5.74) is 4.28. The lowest BCUT2D eigenvalue weighted by atomic mass is 10.1. The number of carbonyl (C=O) groups excluding carboxylic acids is 2. The number of para-hydroxylation sites is 1. The number of halogens is 1. The molecule has 0 aliphatic carbocycles. The number of esters is 1. The summed E-state index contributed by atoms with van der Waals surface area (Å²) < 4.78 is 6.62. The summed E-state index contributed by atoms with van der Waals surface area (Å²) in [6, 6.07) is 21.9. The zero-order valence-corrected chi connectivity index (χ0v) is 19.3. The first-order valence-corrected chi connectivity index (χ1v) is 10.9. The number of nitrogens with zero attached hydrogens (tertiary/aromatic N) is 1. The summed E-state index contributed by atoms with van der Waals surface area (Å²) in [7, 11) is 3.22. The van der Waals surface area contributed by atoms with Crippen LogP contribution >= 0.6 is 11.6 Å². The Bertz CT molecular complexity index is 1330. The third-order valence-corrected chi connectivity index (χ3v) is 5.83. The highest BCUT2D eigenvalue weighted by molar-refractivity contribution is 6.30. The number of hydrogen-bond donors (Lipinski definition) is 2. The van der Waals surface area contributed by atoms with E-state index >= 15 is 0 Å². The largest absolute Gasteiger partial charge is 0.465 e. The van der Waals surface area contributed by atoms with Crippen LogP contribution in [0.15, 0.2) is 72.8 Å². The summed E-state index contributed by atoms with van der Waals surface area (Å²) in [5.74, 6) is -0.617. The molecular weight excluding hydrogens is 438 g/mol. The Morgan fingerprint density at radius 3 is 2.42 bits per heavy atom. The highest BCUT2D eigenvalue weighted by Crippen LogP contribution is 2.33. The third kappa shape index (κ3) is 4.56. The zero-order valence-electron chi connectivity index (χ0n) is 18.6. The second-order valence-corrected chi connectivity index (χ2v) is 8.18. The quantitative estimate of drug-likeness (QED) is 0.353. The van der Waals surface area contributed by atoms with Crippen molar-refractivity contribution in [3.05, 3.63) is 94.6 Å². The van der Waals surface area contributed by atoms with Crippen LogP contribution in [0.25, 0.3) is 10.9 Å². The van der Waals surface area contributed by atoms with Crippen LogP contribution in [0.5, 0.6) is 0 Å². The van der Waals surface area contributed by atoms with Crippen molar-refractivity contribution in [1.82, 2.24) is 9.88 Å². The molecule has 3 aromatic carbocycles. The molecule has 1 heterocycles. The number of methoxy groups -OCH3 is 1. The smallest absolute Gasteiger partial charge is 0.337 e. The standard InChI is InChI=1S/C26H24ClN3O3/c1-16(17-11-13-18(14-12-17)26(32)33-3)28-25(31)24-23(29-20-8-6-7-19(27)15-20)21-9-4-5-10-22(21)30(24)2/h4-16,29H,1-3H3,(H,28,31). The number of carbonyl (C=O) groups is 2. The maximum absolute atomic E-state index is 13.4. The SMILES string of the molecule is COC(=O)c1ccc(C(C)NC(=O)c2c(Nc3cccc(Cl)c3)c3ccccc3n2C)cc1. The van der Waals surface area contributed by atoms with Gasteiger partial charge in [-0.3, -0.25) is 4.79 Å². The Morgan fingerprint density at radius 1 is 1.00 bits per heavy atom. The van der Waals surface area contributed by atoms with Gasteiger partial charge in [-0.15, -0.1) is 0 Å². The van der Waals surface area contributed by atoms with Gasteiger partial charge in [0, 0.05) is 23.1 Å². The molecule has 0 saturated heterocycles. The van der Waals surface area contributed by atoms with Crippen molar-refractivity contribution < 1.29 is 14.3 Å². The molecule has 0 radical (unpaired) electrons. The molecule has 1 aromatic heterocycles. The van der Waals surface area contributed by atoms with Gasteiger partial charge in [-0.25, -0.2) is 4.79 Å². The Balaban J connectivity index is 1.66. The van der Waals surface area contributed by atoms with E-state index in [9.17, 15) is 9.59 Å². The molecule has 0 bridgehead atoms. The minimum absolute atomic E-state index is 0.220. The van der Waals surface area contributed by atoms with E-state index in [0.29, 0.717) is 22.0 Å². The fraction of sp³-hybridized carbons (Fsp3) is 0.154. The topological polar surface area (TPSA) is 72.4 Å². The lowest BCUT2D eigenvalue weighted by Gasteiger charge is -2.17. The van der Waals surface area contributed by atoms with E-state index in [4.69, 9.17) is 16.3 Å². The molecule has 33 heavy (non-hydrogen) atoms. The van der Waals surface area contributed by atoms with Gasteiger partial charge in [0.1, 0.15) is 5.69 Å². The van der Waals surface area contributed by atoms with E-state index in [1.54, 1.807) is 18.2 Å². The van der Waals surface area contributed by atoms with Gasteiger partial charge >= 0.3 is 5.97 Å². The van der Waals surface area contributed by atoms with Crippen LogP contribution in [0.2, 0.25) is 5.02 Å². The zero-order chi connectivity index (χ0) is 23.5. The molecule has 2 N–H and O–H groups in total. The third-order valence-electron chi connectivity index (χ3n) is 5.60. The van der Waals surface area contributed by atoms with Crippen LogP contribution in [-0.4, -0.2) is 23.6 Å². The van der Waals surface area contributed by atoms with Gasteiger partial charge in [0.2, 0.25) is 0 Å². The van der Waals surface area contributed by atoms with Crippen LogP contribution in [0.1, 0.15) is 39.4 Å². The molecule has 0 saturated carbocycles. The number of hydrogen-bond acceptors (Lipinski definition) is 4. The number of benzene rings is 3. The first kappa shape index (κ1) is 22.4. The first-order chi connectivity index (χ1) is 15.9. The van der Waals surface area contributed by atoms with Crippen LogP contribution in [0.4, 0.5) is 11.4 Å². The minimum Gasteiger partial charge on any atom is -0.465 e. The van der Waals surface area contributed by atoms with Gasteiger partial charge in [0.05, 0.1) is 29.9 Å². The van der Waals surface area contributed by atoms with E-state index < -0.39 is 5.97 Å². The number of amides is 1. The fourth-order valence-corrected chi connectivity index (χ4v) is 4.06. The Morgan fingerprint density at radius 2 is 1.73 bits per heavy atom. The molecule has 1 amide bonds. The number of nitrogens with one attached hydrogen (secondary N) is 2. The minimum atomic E-state index is -0.398. The molecule has 0 aliphatic rings. The summed E-state index contributed by atoms with van der Waals surface area (Å²) >= 11 is 6.16. The number of anilines is 2. The highest BCUT2D eigenvalue weighted by Gasteiger charge is 2.23. The number of ether oxygens (including phenoxy) is 1. The molecule has 1 unspecified atom stereocenters.